The maximum Gasteiger partial charge on any atom is 0.121 e. The van der Waals surface area contributed by atoms with Crippen LogP contribution < -0.4 is 11.1 Å². The van der Waals surface area contributed by atoms with Gasteiger partial charge in [-0.2, -0.15) is 0 Å². The summed E-state index contributed by atoms with van der Waals surface area (Å²) in [5.41, 5.74) is 9.88. The molecule has 0 aliphatic carbocycles. The van der Waals surface area contributed by atoms with Crippen LogP contribution in [0.25, 0.3) is 0 Å². The molecule has 0 bridgehead atoms. The van der Waals surface area contributed by atoms with Crippen molar-refractivity contribution in [3.63, 3.8) is 0 Å². The molecule has 1 unspecified atom stereocenters. The van der Waals surface area contributed by atoms with E-state index in [0.29, 0.717) is 5.69 Å². The molecule has 5 heteroatoms. The average Bonchev–Trinajstić information content (AvgIpc) is 2.49. The lowest BCUT2D eigenvalue weighted by atomic mass is 9.96. The van der Waals surface area contributed by atoms with Crippen molar-refractivity contribution < 1.29 is 5.11 Å². The molecule has 0 saturated heterocycles. The molecule has 2 rings (SSSR count). The molecule has 23 heavy (non-hydrogen) atoms. The molecule has 0 amide bonds. The maximum absolute atomic E-state index is 10.1. The predicted molar refractivity (Wildman–Crippen MR) is 96.0 cm³/mol. The van der Waals surface area contributed by atoms with Crippen molar-refractivity contribution >= 4 is 5.69 Å². The fraction of sp³-hybridized carbons (Fsp3) is 0.444. The van der Waals surface area contributed by atoms with Gasteiger partial charge in [0.2, 0.25) is 0 Å². The second-order valence-corrected chi connectivity index (χ2v) is 6.41. The molecular weight excluding hydrogens is 288 g/mol. The summed E-state index contributed by atoms with van der Waals surface area (Å²) in [5, 5.41) is 13.5. The van der Waals surface area contributed by atoms with E-state index >= 15 is 0 Å². The number of likely N-dealkylation sites (N-methyl/N-ethyl adjacent to an activating group) is 2. The van der Waals surface area contributed by atoms with Gasteiger partial charge in [-0.15, -0.1) is 0 Å². The van der Waals surface area contributed by atoms with Gasteiger partial charge in [0.15, 0.2) is 0 Å². The van der Waals surface area contributed by atoms with Gasteiger partial charge in [-0.3, -0.25) is 5.32 Å². The predicted octanol–water partition coefficient (Wildman–Crippen LogP) is 2.59. The van der Waals surface area contributed by atoms with Crippen molar-refractivity contribution in [3.8, 4) is 5.75 Å². The van der Waals surface area contributed by atoms with Crippen LogP contribution in [0.3, 0.4) is 0 Å². The summed E-state index contributed by atoms with van der Waals surface area (Å²) < 4.78 is 0. The lowest BCUT2D eigenvalue weighted by molar-refractivity contribution is 0.251. The Bertz CT molecular complexity index is 622. The molecule has 1 aliphatic heterocycles. The van der Waals surface area contributed by atoms with Crippen LogP contribution in [0.2, 0.25) is 0 Å². The monoisotopic (exact) mass is 316 g/mol. The summed E-state index contributed by atoms with van der Waals surface area (Å²) in [6.07, 6.45) is 6.16. The zero-order valence-corrected chi connectivity index (χ0v) is 14.7. The Hall–Kier alpha value is -2.14. The zero-order chi connectivity index (χ0) is 17.1. The number of nitrogens with two attached hydrogens (primary N) is 1. The largest absolute Gasteiger partial charge is 0.508 e. The lowest BCUT2D eigenvalue weighted by Crippen LogP contribution is -2.37. The summed E-state index contributed by atoms with van der Waals surface area (Å²) in [7, 11) is 6.03. The third kappa shape index (κ3) is 3.62. The van der Waals surface area contributed by atoms with Gasteiger partial charge in [0.05, 0.1) is 6.54 Å². The van der Waals surface area contributed by atoms with E-state index in [2.05, 4.69) is 55.3 Å². The molecule has 1 aromatic carbocycles. The van der Waals surface area contributed by atoms with Crippen molar-refractivity contribution in [2.45, 2.75) is 25.9 Å². The number of nitrogen functional groups attached to an aromatic ring is 1. The number of nitrogens with one attached hydrogen (secondary N) is 1. The molecule has 1 aliphatic rings. The van der Waals surface area contributed by atoms with Crippen LogP contribution in [0.4, 0.5) is 5.69 Å². The van der Waals surface area contributed by atoms with Crippen molar-refractivity contribution in [2.24, 2.45) is 0 Å². The average molecular weight is 316 g/mol. The summed E-state index contributed by atoms with van der Waals surface area (Å²) in [6.45, 7) is 4.98. The molecule has 1 atom stereocenters. The first-order chi connectivity index (χ1) is 10.8. The smallest absolute Gasteiger partial charge is 0.121 e. The van der Waals surface area contributed by atoms with Crippen LogP contribution in [0.15, 0.2) is 36.2 Å². The normalized spacial score (nSPS) is 15.7. The van der Waals surface area contributed by atoms with Crippen molar-refractivity contribution in [3.05, 3.63) is 47.3 Å². The van der Waals surface area contributed by atoms with E-state index in [0.717, 1.165) is 17.7 Å². The van der Waals surface area contributed by atoms with Gasteiger partial charge in [0.25, 0.3) is 0 Å². The Kier molecular flexibility index (Phi) is 5.21. The Morgan fingerprint density at radius 3 is 2.57 bits per heavy atom. The number of aromatic hydroxyl groups is 1. The number of hydrogen-bond donors (Lipinski definition) is 3. The second kappa shape index (κ2) is 6.96. The summed E-state index contributed by atoms with van der Waals surface area (Å²) in [4.78, 5) is 4.32. The summed E-state index contributed by atoms with van der Waals surface area (Å²) >= 11 is 0. The van der Waals surface area contributed by atoms with E-state index in [9.17, 15) is 5.11 Å². The topological polar surface area (TPSA) is 64.8 Å². The van der Waals surface area contributed by atoms with Crippen molar-refractivity contribution in [1.29, 1.82) is 0 Å². The maximum atomic E-state index is 10.1. The number of allylic oxidation sites excluding steroid dienone is 2. The molecule has 5 nitrogen and oxygen atoms in total. The molecule has 126 valence electrons. The molecule has 4 N–H and O–H groups in total. The van der Waals surface area contributed by atoms with E-state index in [1.165, 1.54) is 5.70 Å². The third-order valence-electron chi connectivity index (χ3n) is 4.30. The standard InChI is InChI=1S/C18H28N4O/c1-12(2)14-9-15(16(19)10-17(14)23)18(20-3)22(5)13-7-6-8-21(4)11-13/h6-10,12,18,20,23H,11,19H2,1-5H3. The number of rotatable bonds is 5. The Morgan fingerprint density at radius 2 is 2.00 bits per heavy atom. The van der Waals surface area contributed by atoms with Gasteiger partial charge < -0.3 is 20.6 Å². The van der Waals surface area contributed by atoms with Crippen LogP contribution in [-0.2, 0) is 0 Å². The molecule has 0 aromatic heterocycles. The van der Waals surface area contributed by atoms with Gasteiger partial charge in [-0.25, -0.2) is 0 Å². The van der Waals surface area contributed by atoms with Gasteiger partial charge >= 0.3 is 0 Å². The highest BCUT2D eigenvalue weighted by atomic mass is 16.3. The van der Waals surface area contributed by atoms with Crippen LogP contribution in [-0.4, -0.2) is 42.6 Å². The number of nitrogens with zero attached hydrogens (tertiary/aromatic N) is 2. The highest BCUT2D eigenvalue weighted by molar-refractivity contribution is 5.56. The first kappa shape index (κ1) is 17.2. The molecule has 0 fully saturated rings. The van der Waals surface area contributed by atoms with E-state index in [1.807, 2.05) is 19.2 Å². The minimum absolute atomic E-state index is 0.0563. The number of phenolic OH excluding ortho intramolecular Hbond substituents is 1. The minimum Gasteiger partial charge on any atom is -0.508 e. The fourth-order valence-corrected chi connectivity index (χ4v) is 2.95. The van der Waals surface area contributed by atoms with Crippen molar-refractivity contribution in [2.75, 3.05) is 33.4 Å². The van der Waals surface area contributed by atoms with E-state index < -0.39 is 0 Å². The van der Waals surface area contributed by atoms with Crippen LogP contribution in [0.1, 0.15) is 37.1 Å². The summed E-state index contributed by atoms with van der Waals surface area (Å²) in [5.74, 6) is 0.499. The van der Waals surface area contributed by atoms with Crippen LogP contribution in [0.5, 0.6) is 5.75 Å². The van der Waals surface area contributed by atoms with E-state index in [-0.39, 0.29) is 17.8 Å². The Morgan fingerprint density at radius 1 is 1.30 bits per heavy atom. The van der Waals surface area contributed by atoms with Gasteiger partial charge in [-0.1, -0.05) is 13.8 Å². The Balaban J connectivity index is 2.39. The second-order valence-electron chi connectivity index (χ2n) is 6.41. The lowest BCUT2D eigenvalue weighted by Gasteiger charge is -2.35. The highest BCUT2D eigenvalue weighted by Crippen LogP contribution is 2.34. The number of hydrogen-bond acceptors (Lipinski definition) is 5. The van der Waals surface area contributed by atoms with E-state index in [4.69, 9.17) is 5.73 Å². The van der Waals surface area contributed by atoms with Gasteiger partial charge in [0.1, 0.15) is 11.9 Å². The third-order valence-corrected chi connectivity index (χ3v) is 4.30. The first-order valence-electron chi connectivity index (χ1n) is 7.95. The molecule has 0 spiro atoms. The first-order valence-corrected chi connectivity index (χ1v) is 7.95. The number of anilines is 1. The Labute approximate surface area is 139 Å². The quantitative estimate of drug-likeness (QED) is 0.576. The molecule has 1 heterocycles. The minimum atomic E-state index is -0.0563. The van der Waals surface area contributed by atoms with Gasteiger partial charge in [-0.05, 0) is 42.9 Å². The van der Waals surface area contributed by atoms with Gasteiger partial charge in [0, 0.05) is 37.1 Å². The fourth-order valence-electron chi connectivity index (χ4n) is 2.95. The zero-order valence-electron chi connectivity index (χ0n) is 14.7. The number of benzene rings is 1. The SMILES string of the molecule is CNC(c1cc(C(C)C)c(O)cc1N)N(C)C1=CC=CN(C)C1. The summed E-state index contributed by atoms with van der Waals surface area (Å²) in [6, 6.07) is 3.67. The number of phenols is 1. The highest BCUT2D eigenvalue weighted by Gasteiger charge is 2.22. The van der Waals surface area contributed by atoms with Crippen LogP contribution >= 0.6 is 0 Å². The van der Waals surface area contributed by atoms with Crippen molar-refractivity contribution in [1.82, 2.24) is 15.1 Å². The molecular formula is C18H28N4O. The molecule has 0 saturated carbocycles. The molecule has 1 aromatic rings. The molecule has 0 radical (unpaired) electrons. The van der Waals surface area contributed by atoms with Crippen LogP contribution in [0, 0.1) is 0 Å². The van der Waals surface area contributed by atoms with E-state index in [1.54, 1.807) is 6.07 Å².